The van der Waals surface area contributed by atoms with Crippen molar-refractivity contribution in [2.75, 3.05) is 23.7 Å². The first-order chi connectivity index (χ1) is 18.4. The highest BCUT2D eigenvalue weighted by Crippen LogP contribution is 2.27. The van der Waals surface area contributed by atoms with Crippen molar-refractivity contribution in [2.24, 2.45) is 0 Å². The molecule has 0 aromatic heterocycles. The predicted molar refractivity (Wildman–Crippen MR) is 153 cm³/mol. The average molecular weight is 615 g/mol. The second-order valence-electron chi connectivity index (χ2n) is 8.74. The Balaban J connectivity index is 2.07. The van der Waals surface area contributed by atoms with Crippen LogP contribution in [0, 0.1) is 5.82 Å². The van der Waals surface area contributed by atoms with E-state index in [1.165, 1.54) is 11.0 Å². The van der Waals surface area contributed by atoms with Gasteiger partial charge >= 0.3 is 0 Å². The van der Waals surface area contributed by atoms with Gasteiger partial charge in [0, 0.05) is 19.5 Å². The minimum Gasteiger partial charge on any atom is -0.355 e. The van der Waals surface area contributed by atoms with Crippen molar-refractivity contribution in [3.8, 4) is 0 Å². The summed E-state index contributed by atoms with van der Waals surface area (Å²) in [5, 5.41) is 3.05. The number of rotatable bonds is 11. The molecule has 0 aliphatic rings. The van der Waals surface area contributed by atoms with Crippen molar-refractivity contribution in [2.45, 2.75) is 25.9 Å². The lowest BCUT2D eigenvalue weighted by Crippen LogP contribution is -2.53. The Labute approximate surface area is 242 Å². The second kappa shape index (κ2) is 13.5. The average Bonchev–Trinajstić information content (AvgIpc) is 2.88. The third-order valence-electron chi connectivity index (χ3n) is 5.83. The van der Waals surface area contributed by atoms with E-state index in [9.17, 15) is 22.4 Å². The van der Waals surface area contributed by atoms with E-state index in [0.29, 0.717) is 17.1 Å². The zero-order valence-corrected chi connectivity index (χ0v) is 24.3. The maximum absolute atomic E-state index is 13.9. The molecule has 0 saturated heterocycles. The molecule has 0 bridgehead atoms. The monoisotopic (exact) mass is 613 g/mol. The molecule has 12 heteroatoms. The minimum absolute atomic E-state index is 0.00403. The smallest absolute Gasteiger partial charge is 0.244 e. The van der Waals surface area contributed by atoms with E-state index in [2.05, 4.69) is 5.32 Å². The molecule has 0 radical (unpaired) electrons. The summed E-state index contributed by atoms with van der Waals surface area (Å²) in [4.78, 5) is 28.5. The van der Waals surface area contributed by atoms with E-state index in [4.69, 9.17) is 34.8 Å². The Morgan fingerprint density at radius 1 is 0.923 bits per heavy atom. The first kappa shape index (κ1) is 30.7. The fourth-order valence-electron chi connectivity index (χ4n) is 3.93. The van der Waals surface area contributed by atoms with Gasteiger partial charge in [-0.05, 0) is 48.4 Å². The van der Waals surface area contributed by atoms with Crippen LogP contribution >= 0.6 is 34.8 Å². The maximum Gasteiger partial charge on any atom is 0.244 e. The van der Waals surface area contributed by atoms with Gasteiger partial charge in [0.05, 0.1) is 27.0 Å². The Kier molecular flexibility index (Phi) is 10.6. The first-order valence-electron chi connectivity index (χ1n) is 11.9. The molecule has 0 aliphatic carbocycles. The second-order valence-corrected chi connectivity index (χ2v) is 11.9. The molecular weight excluding hydrogens is 588 g/mol. The summed E-state index contributed by atoms with van der Waals surface area (Å²) in [7, 11) is -4.01. The topological polar surface area (TPSA) is 86.8 Å². The zero-order valence-electron chi connectivity index (χ0n) is 21.2. The fraction of sp³-hybridized carbons (Fsp3) is 0.259. The number of anilines is 1. The highest BCUT2D eigenvalue weighted by atomic mass is 35.5. The Bertz CT molecular complexity index is 1440. The highest BCUT2D eigenvalue weighted by Gasteiger charge is 2.33. The number of carbonyl (C=O) groups is 2. The number of carbonyl (C=O) groups excluding carboxylic acids is 2. The molecule has 7 nitrogen and oxygen atoms in total. The van der Waals surface area contributed by atoms with Crippen molar-refractivity contribution in [1.29, 1.82) is 0 Å². The molecular formula is C27H27Cl3FN3O4S. The Hall–Kier alpha value is -2.85. The van der Waals surface area contributed by atoms with E-state index < -0.39 is 40.2 Å². The third kappa shape index (κ3) is 8.32. The van der Waals surface area contributed by atoms with Crippen molar-refractivity contribution in [1.82, 2.24) is 10.2 Å². The minimum atomic E-state index is -4.01. The predicted octanol–water partition coefficient (Wildman–Crippen LogP) is 5.33. The molecule has 0 spiro atoms. The van der Waals surface area contributed by atoms with Crippen LogP contribution in [0.2, 0.25) is 15.1 Å². The van der Waals surface area contributed by atoms with Crippen LogP contribution in [-0.2, 0) is 32.6 Å². The largest absolute Gasteiger partial charge is 0.355 e. The molecule has 0 unspecified atom stereocenters. The molecule has 0 fully saturated rings. The number of nitrogens with zero attached hydrogens (tertiary/aromatic N) is 2. The quantitative estimate of drug-likeness (QED) is 0.317. The molecule has 0 saturated carbocycles. The summed E-state index contributed by atoms with van der Waals surface area (Å²) in [5.74, 6) is -1.81. The number of sulfonamides is 1. The van der Waals surface area contributed by atoms with Crippen LogP contribution in [-0.4, -0.2) is 50.5 Å². The van der Waals surface area contributed by atoms with E-state index in [-0.39, 0.29) is 28.7 Å². The molecule has 1 atom stereocenters. The SMILES string of the molecule is CCNC(=O)[C@H](Cc1ccccc1)N(Cc1ccc(Cl)c(Cl)c1)C(=O)CN(c1ccc(F)c(Cl)c1)S(C)(=O)=O. The van der Waals surface area contributed by atoms with Crippen LogP contribution in [0.25, 0.3) is 0 Å². The van der Waals surface area contributed by atoms with Gasteiger partial charge in [-0.3, -0.25) is 13.9 Å². The number of likely N-dealkylation sites (N-methyl/N-ethyl adjacent to an activating group) is 1. The van der Waals surface area contributed by atoms with Gasteiger partial charge in [-0.15, -0.1) is 0 Å². The molecule has 2 amide bonds. The van der Waals surface area contributed by atoms with Gasteiger partial charge in [0.1, 0.15) is 18.4 Å². The lowest BCUT2D eigenvalue weighted by atomic mass is 10.0. The third-order valence-corrected chi connectivity index (χ3v) is 8.00. The summed E-state index contributed by atoms with van der Waals surface area (Å²) < 4.78 is 40.1. The molecule has 208 valence electrons. The number of hydrogen-bond donors (Lipinski definition) is 1. The van der Waals surface area contributed by atoms with Gasteiger partial charge in [0.15, 0.2) is 0 Å². The van der Waals surface area contributed by atoms with Gasteiger partial charge in [-0.25, -0.2) is 12.8 Å². The number of amides is 2. The first-order valence-corrected chi connectivity index (χ1v) is 14.9. The summed E-state index contributed by atoms with van der Waals surface area (Å²) in [6.07, 6.45) is 1.09. The van der Waals surface area contributed by atoms with Crippen molar-refractivity contribution < 1.29 is 22.4 Å². The summed E-state index contributed by atoms with van der Waals surface area (Å²) in [5.41, 5.74) is 1.38. The molecule has 3 aromatic carbocycles. The molecule has 39 heavy (non-hydrogen) atoms. The number of hydrogen-bond acceptors (Lipinski definition) is 4. The van der Waals surface area contributed by atoms with Crippen LogP contribution in [0.4, 0.5) is 10.1 Å². The fourth-order valence-corrected chi connectivity index (χ4v) is 5.27. The Morgan fingerprint density at radius 3 is 2.21 bits per heavy atom. The molecule has 1 N–H and O–H groups in total. The maximum atomic E-state index is 13.9. The van der Waals surface area contributed by atoms with E-state index >= 15 is 0 Å². The number of halogens is 4. The van der Waals surface area contributed by atoms with Crippen molar-refractivity contribution in [3.05, 3.63) is 98.7 Å². The van der Waals surface area contributed by atoms with Crippen LogP contribution < -0.4 is 9.62 Å². The molecule has 0 aliphatic heterocycles. The lowest BCUT2D eigenvalue weighted by Gasteiger charge is -2.33. The van der Waals surface area contributed by atoms with Gasteiger partial charge in [0.2, 0.25) is 21.8 Å². The highest BCUT2D eigenvalue weighted by molar-refractivity contribution is 7.92. The van der Waals surface area contributed by atoms with Gasteiger partial charge in [-0.2, -0.15) is 0 Å². The molecule has 3 aromatic rings. The van der Waals surface area contributed by atoms with E-state index in [0.717, 1.165) is 28.3 Å². The molecule has 0 heterocycles. The Morgan fingerprint density at radius 2 is 1.62 bits per heavy atom. The van der Waals surface area contributed by atoms with E-state index in [1.54, 1.807) is 25.1 Å². The summed E-state index contributed by atoms with van der Waals surface area (Å²) >= 11 is 18.2. The van der Waals surface area contributed by atoms with Gasteiger partial charge in [-0.1, -0.05) is 71.2 Å². The summed E-state index contributed by atoms with van der Waals surface area (Å²) in [6.45, 7) is 1.35. The lowest BCUT2D eigenvalue weighted by molar-refractivity contribution is -0.140. The van der Waals surface area contributed by atoms with Crippen LogP contribution in [0.3, 0.4) is 0 Å². The van der Waals surface area contributed by atoms with E-state index in [1.807, 2.05) is 30.3 Å². The summed E-state index contributed by atoms with van der Waals surface area (Å²) in [6, 6.07) is 16.3. The normalized spacial score (nSPS) is 12.1. The molecule has 3 rings (SSSR count). The van der Waals surface area contributed by atoms with Crippen LogP contribution in [0.1, 0.15) is 18.1 Å². The van der Waals surface area contributed by atoms with Crippen LogP contribution in [0.5, 0.6) is 0 Å². The van der Waals surface area contributed by atoms with Gasteiger partial charge in [0.25, 0.3) is 0 Å². The van der Waals surface area contributed by atoms with Gasteiger partial charge < -0.3 is 10.2 Å². The standard InChI is InChI=1S/C27H27Cl3FN3O4S/c1-3-32-27(36)25(14-18-7-5-4-6-8-18)33(16-19-9-11-21(28)22(29)13-19)26(35)17-34(39(2,37)38)20-10-12-24(31)23(30)15-20/h4-13,15,25H,3,14,16-17H2,1-2H3,(H,32,36)/t25-/m0/s1. The number of benzene rings is 3. The van der Waals surface area contributed by atoms with Crippen molar-refractivity contribution in [3.63, 3.8) is 0 Å². The number of nitrogens with one attached hydrogen (secondary N) is 1. The zero-order chi connectivity index (χ0) is 28.7. The van der Waals surface area contributed by atoms with Crippen LogP contribution in [0.15, 0.2) is 66.7 Å². The van der Waals surface area contributed by atoms with Crippen molar-refractivity contribution >= 4 is 62.3 Å².